The Balaban J connectivity index is 0.00000210. The number of piperazine rings is 1. The Morgan fingerprint density at radius 1 is 1.11 bits per heavy atom. The molecule has 0 spiro atoms. The Morgan fingerprint density at radius 3 is 2.48 bits per heavy atom. The van der Waals surface area contributed by atoms with Crippen LogP contribution in [0.5, 0.6) is 0 Å². The summed E-state index contributed by atoms with van der Waals surface area (Å²) in [5.41, 5.74) is 1.10. The summed E-state index contributed by atoms with van der Waals surface area (Å²) in [4.78, 5) is 4.98. The van der Waals surface area contributed by atoms with Crippen LogP contribution in [-0.2, 0) is 0 Å². The van der Waals surface area contributed by atoms with Crippen molar-refractivity contribution in [3.05, 3.63) is 40.7 Å². The SMILES string of the molecule is CCN1CCN(C(c2ccccc2Cl)c2nnnn2C2CCCC2)CC1.Cl. The first-order valence-corrected chi connectivity index (χ1v) is 10.1. The van der Waals surface area contributed by atoms with E-state index in [1.807, 2.05) is 12.1 Å². The number of rotatable bonds is 5. The van der Waals surface area contributed by atoms with Crippen LogP contribution in [0.25, 0.3) is 0 Å². The molecule has 1 aromatic carbocycles. The average Bonchev–Trinajstić information content (AvgIpc) is 3.35. The smallest absolute Gasteiger partial charge is 0.173 e. The molecule has 8 heteroatoms. The zero-order valence-electron chi connectivity index (χ0n) is 15.8. The molecular weight excluding hydrogens is 383 g/mol. The van der Waals surface area contributed by atoms with Gasteiger partial charge < -0.3 is 4.90 Å². The van der Waals surface area contributed by atoms with Gasteiger partial charge in [0, 0.05) is 31.2 Å². The molecule has 2 fully saturated rings. The number of hydrogen-bond acceptors (Lipinski definition) is 5. The van der Waals surface area contributed by atoms with Gasteiger partial charge in [-0.2, -0.15) is 0 Å². The minimum Gasteiger partial charge on any atom is -0.301 e. The van der Waals surface area contributed by atoms with Crippen molar-refractivity contribution in [2.75, 3.05) is 32.7 Å². The molecule has 1 saturated heterocycles. The van der Waals surface area contributed by atoms with Crippen LogP contribution in [0.4, 0.5) is 0 Å². The fraction of sp³-hybridized carbons (Fsp3) is 0.632. The molecule has 2 aliphatic rings. The topological polar surface area (TPSA) is 50.1 Å². The van der Waals surface area contributed by atoms with Gasteiger partial charge in [0.05, 0.1) is 12.1 Å². The van der Waals surface area contributed by atoms with Gasteiger partial charge in [-0.3, -0.25) is 4.90 Å². The summed E-state index contributed by atoms with van der Waals surface area (Å²) in [7, 11) is 0. The molecule has 2 aromatic rings. The molecule has 27 heavy (non-hydrogen) atoms. The molecule has 148 valence electrons. The van der Waals surface area contributed by atoms with Crippen LogP contribution >= 0.6 is 24.0 Å². The van der Waals surface area contributed by atoms with Gasteiger partial charge in [-0.05, 0) is 41.4 Å². The minimum absolute atomic E-state index is 0. The quantitative estimate of drug-likeness (QED) is 0.753. The fourth-order valence-electron chi connectivity index (χ4n) is 4.32. The summed E-state index contributed by atoms with van der Waals surface area (Å²) in [6.45, 7) is 7.47. The highest BCUT2D eigenvalue weighted by Crippen LogP contribution is 2.36. The van der Waals surface area contributed by atoms with Gasteiger partial charge in [-0.1, -0.05) is 49.6 Å². The van der Waals surface area contributed by atoms with Crippen molar-refractivity contribution >= 4 is 24.0 Å². The van der Waals surface area contributed by atoms with Crippen molar-refractivity contribution in [1.82, 2.24) is 30.0 Å². The molecule has 0 amide bonds. The minimum atomic E-state index is 0. The molecular formula is C19H28Cl2N6. The summed E-state index contributed by atoms with van der Waals surface area (Å²) >= 11 is 6.61. The molecule has 1 unspecified atom stereocenters. The maximum Gasteiger partial charge on any atom is 0.173 e. The number of hydrogen-bond donors (Lipinski definition) is 0. The van der Waals surface area contributed by atoms with Crippen molar-refractivity contribution in [3.8, 4) is 0 Å². The molecule has 1 saturated carbocycles. The normalized spacial score (nSPS) is 20.5. The Morgan fingerprint density at radius 2 is 1.81 bits per heavy atom. The van der Waals surface area contributed by atoms with Gasteiger partial charge in [-0.15, -0.1) is 17.5 Å². The number of tetrazole rings is 1. The van der Waals surface area contributed by atoms with Gasteiger partial charge in [-0.25, -0.2) is 4.68 Å². The third kappa shape index (κ3) is 4.29. The fourth-order valence-corrected chi connectivity index (χ4v) is 4.56. The molecule has 2 heterocycles. The first-order valence-electron chi connectivity index (χ1n) is 9.76. The van der Waals surface area contributed by atoms with Crippen molar-refractivity contribution in [1.29, 1.82) is 0 Å². The molecule has 6 nitrogen and oxygen atoms in total. The highest BCUT2D eigenvalue weighted by atomic mass is 35.5. The van der Waals surface area contributed by atoms with Crippen LogP contribution in [-0.4, -0.2) is 62.7 Å². The molecule has 1 aromatic heterocycles. The molecule has 1 aliphatic carbocycles. The molecule has 4 rings (SSSR count). The molecule has 0 N–H and O–H groups in total. The molecule has 0 radical (unpaired) electrons. The monoisotopic (exact) mass is 410 g/mol. The number of benzene rings is 1. The van der Waals surface area contributed by atoms with Gasteiger partial charge in [0.25, 0.3) is 0 Å². The van der Waals surface area contributed by atoms with Gasteiger partial charge in [0.1, 0.15) is 0 Å². The molecule has 0 bridgehead atoms. The Kier molecular flexibility index (Phi) is 7.09. The van der Waals surface area contributed by atoms with Crippen molar-refractivity contribution in [3.63, 3.8) is 0 Å². The standard InChI is InChI=1S/C19H27ClN6.ClH/c1-2-24-11-13-25(14-12-24)18(16-9-5-6-10-17(16)20)19-21-22-23-26(19)15-7-3-4-8-15;/h5-6,9-10,15,18H,2-4,7-8,11-14H2,1H3;1H. The Hall–Kier alpha value is -1.21. The van der Waals surface area contributed by atoms with Crippen molar-refractivity contribution in [2.24, 2.45) is 0 Å². The first-order chi connectivity index (χ1) is 12.8. The third-order valence-electron chi connectivity index (χ3n) is 5.85. The van der Waals surface area contributed by atoms with Crippen LogP contribution in [0, 0.1) is 0 Å². The molecule has 1 aliphatic heterocycles. The van der Waals surface area contributed by atoms with E-state index in [1.54, 1.807) is 0 Å². The van der Waals surface area contributed by atoms with Crippen LogP contribution in [0.3, 0.4) is 0 Å². The summed E-state index contributed by atoms with van der Waals surface area (Å²) in [5.74, 6) is 0.940. The zero-order chi connectivity index (χ0) is 17.9. The highest BCUT2D eigenvalue weighted by molar-refractivity contribution is 6.31. The number of likely N-dealkylation sites (N-methyl/N-ethyl adjacent to an activating group) is 1. The number of aromatic nitrogens is 4. The van der Waals surface area contributed by atoms with E-state index in [1.165, 1.54) is 12.8 Å². The van der Waals surface area contributed by atoms with E-state index >= 15 is 0 Å². The average molecular weight is 411 g/mol. The van der Waals surface area contributed by atoms with Crippen LogP contribution in [0.15, 0.2) is 24.3 Å². The lowest BCUT2D eigenvalue weighted by molar-refractivity contribution is 0.107. The summed E-state index contributed by atoms with van der Waals surface area (Å²) in [6.07, 6.45) is 4.85. The van der Waals surface area contributed by atoms with E-state index < -0.39 is 0 Å². The lowest BCUT2D eigenvalue weighted by Gasteiger charge is -2.39. The van der Waals surface area contributed by atoms with Gasteiger partial charge in [0.15, 0.2) is 5.82 Å². The maximum atomic E-state index is 6.61. The lowest BCUT2D eigenvalue weighted by Crippen LogP contribution is -2.48. The van der Waals surface area contributed by atoms with Crippen LogP contribution in [0.2, 0.25) is 5.02 Å². The van der Waals surface area contributed by atoms with E-state index in [2.05, 4.69) is 49.1 Å². The predicted octanol–water partition coefficient (Wildman–Crippen LogP) is 3.59. The third-order valence-corrected chi connectivity index (χ3v) is 6.20. The maximum absolute atomic E-state index is 6.61. The first kappa shape index (κ1) is 20.5. The second kappa shape index (κ2) is 9.32. The summed E-state index contributed by atoms with van der Waals surface area (Å²) < 4.78 is 2.08. The highest BCUT2D eigenvalue weighted by Gasteiger charge is 2.33. The van der Waals surface area contributed by atoms with E-state index in [0.717, 1.165) is 62.0 Å². The lowest BCUT2D eigenvalue weighted by atomic mass is 10.0. The zero-order valence-corrected chi connectivity index (χ0v) is 17.4. The summed E-state index contributed by atoms with van der Waals surface area (Å²) in [6, 6.07) is 8.56. The Bertz CT molecular complexity index is 722. The summed E-state index contributed by atoms with van der Waals surface area (Å²) in [5, 5.41) is 13.7. The van der Waals surface area contributed by atoms with Gasteiger partial charge >= 0.3 is 0 Å². The van der Waals surface area contributed by atoms with Crippen LogP contribution in [0.1, 0.15) is 56.1 Å². The van der Waals surface area contributed by atoms with E-state index in [-0.39, 0.29) is 18.4 Å². The second-order valence-corrected chi connectivity index (χ2v) is 7.72. The number of nitrogens with zero attached hydrogens (tertiary/aromatic N) is 6. The van der Waals surface area contributed by atoms with E-state index in [9.17, 15) is 0 Å². The Labute approximate surface area is 172 Å². The number of halogens is 2. The van der Waals surface area contributed by atoms with E-state index in [0.29, 0.717) is 6.04 Å². The molecule has 1 atom stereocenters. The van der Waals surface area contributed by atoms with Gasteiger partial charge in [0.2, 0.25) is 0 Å². The second-order valence-electron chi connectivity index (χ2n) is 7.31. The predicted molar refractivity (Wildman–Crippen MR) is 110 cm³/mol. The van der Waals surface area contributed by atoms with Crippen molar-refractivity contribution in [2.45, 2.75) is 44.7 Å². The van der Waals surface area contributed by atoms with Crippen LogP contribution < -0.4 is 0 Å². The van der Waals surface area contributed by atoms with E-state index in [4.69, 9.17) is 11.6 Å². The van der Waals surface area contributed by atoms with Crippen molar-refractivity contribution < 1.29 is 0 Å². The largest absolute Gasteiger partial charge is 0.301 e.